The minimum Gasteiger partial charge on any atom is -0.414 e. The first-order valence-electron chi connectivity index (χ1n) is 8.78. The highest BCUT2D eigenvalue weighted by atomic mass is 28.4. The van der Waals surface area contributed by atoms with Crippen molar-refractivity contribution >= 4 is 14.2 Å². The Morgan fingerprint density at radius 2 is 1.77 bits per heavy atom. The molecule has 2 saturated carbocycles. The van der Waals surface area contributed by atoms with Crippen LogP contribution in [0.15, 0.2) is 0 Å². The van der Waals surface area contributed by atoms with Crippen molar-refractivity contribution in [2.75, 3.05) is 13.1 Å². The molecule has 1 amide bonds. The number of rotatable bonds is 3. The Hall–Kier alpha value is -0.393. The topological polar surface area (TPSA) is 49.8 Å². The van der Waals surface area contributed by atoms with Gasteiger partial charge in [0.1, 0.15) is 0 Å². The largest absolute Gasteiger partial charge is 0.414 e. The average molecular weight is 326 g/mol. The molecule has 1 aliphatic heterocycles. The van der Waals surface area contributed by atoms with Crippen LogP contribution >= 0.6 is 0 Å². The minimum atomic E-state index is -1.85. The second-order valence-corrected chi connectivity index (χ2v) is 13.7. The van der Waals surface area contributed by atoms with E-state index in [1.165, 1.54) is 0 Å². The highest BCUT2D eigenvalue weighted by molar-refractivity contribution is 6.74. The van der Waals surface area contributed by atoms with Gasteiger partial charge >= 0.3 is 0 Å². The first-order valence-corrected chi connectivity index (χ1v) is 11.7. The van der Waals surface area contributed by atoms with Crippen LogP contribution in [0.2, 0.25) is 18.1 Å². The molecule has 0 aromatic rings. The van der Waals surface area contributed by atoms with Crippen LogP contribution in [-0.4, -0.2) is 49.5 Å². The lowest BCUT2D eigenvalue weighted by Gasteiger charge is -2.39. The summed E-state index contributed by atoms with van der Waals surface area (Å²) in [6.07, 6.45) is 2.69. The molecule has 0 spiro atoms. The monoisotopic (exact) mass is 325 g/mol. The molecule has 22 heavy (non-hydrogen) atoms. The number of carbonyl (C=O) groups is 1. The Balaban J connectivity index is 1.67. The maximum Gasteiger partial charge on any atom is 0.226 e. The highest BCUT2D eigenvalue weighted by Gasteiger charge is 2.67. The van der Waals surface area contributed by atoms with Gasteiger partial charge in [-0.1, -0.05) is 20.8 Å². The fraction of sp³-hybridized carbons (Fsp3) is 0.941. The van der Waals surface area contributed by atoms with Crippen LogP contribution in [0, 0.1) is 17.8 Å². The van der Waals surface area contributed by atoms with Crippen molar-refractivity contribution in [1.82, 2.24) is 4.90 Å². The van der Waals surface area contributed by atoms with Gasteiger partial charge in [0.25, 0.3) is 0 Å². The van der Waals surface area contributed by atoms with Crippen molar-refractivity contribution in [3.8, 4) is 0 Å². The summed E-state index contributed by atoms with van der Waals surface area (Å²) in [6, 6.07) is 0. The van der Waals surface area contributed by atoms with Crippen LogP contribution in [0.25, 0.3) is 0 Å². The summed E-state index contributed by atoms with van der Waals surface area (Å²) in [5, 5.41) is 10.5. The minimum absolute atomic E-state index is 0.0246. The third-order valence-corrected chi connectivity index (χ3v) is 10.9. The van der Waals surface area contributed by atoms with Crippen LogP contribution in [-0.2, 0) is 9.22 Å². The van der Waals surface area contributed by atoms with Crippen LogP contribution in [0.3, 0.4) is 0 Å². The van der Waals surface area contributed by atoms with Crippen molar-refractivity contribution in [3.05, 3.63) is 0 Å². The van der Waals surface area contributed by atoms with Crippen molar-refractivity contribution in [3.63, 3.8) is 0 Å². The fourth-order valence-electron chi connectivity index (χ4n) is 4.05. The van der Waals surface area contributed by atoms with Gasteiger partial charge in [-0.25, -0.2) is 0 Å². The first kappa shape index (κ1) is 16.5. The molecule has 1 saturated heterocycles. The zero-order valence-corrected chi connectivity index (χ0v) is 15.6. The number of fused-ring (bicyclic) bond motifs is 1. The maximum atomic E-state index is 12.6. The quantitative estimate of drug-likeness (QED) is 0.812. The Kier molecular flexibility index (Phi) is 3.98. The SMILES string of the molecule is CC(C)(C)[Si](C)(C)O[C@H]1C[C@H](O)[C@H]2[C@H](C(=O)N3CCCC3)[C@H]21. The van der Waals surface area contributed by atoms with E-state index < -0.39 is 8.32 Å². The van der Waals surface area contributed by atoms with E-state index in [0.717, 1.165) is 25.9 Å². The Bertz CT molecular complexity index is 453. The number of aliphatic hydroxyl groups excluding tert-OH is 1. The Morgan fingerprint density at radius 3 is 2.32 bits per heavy atom. The smallest absolute Gasteiger partial charge is 0.226 e. The van der Waals surface area contributed by atoms with Gasteiger partial charge < -0.3 is 14.4 Å². The molecule has 3 fully saturated rings. The Labute approximate surface area is 135 Å². The number of likely N-dealkylation sites (tertiary alicyclic amines) is 1. The van der Waals surface area contributed by atoms with E-state index in [2.05, 4.69) is 33.9 Å². The van der Waals surface area contributed by atoms with E-state index in [4.69, 9.17) is 4.43 Å². The first-order chi connectivity index (χ1) is 10.1. The summed E-state index contributed by atoms with van der Waals surface area (Å²) in [7, 11) is -1.85. The van der Waals surface area contributed by atoms with E-state index >= 15 is 0 Å². The van der Waals surface area contributed by atoms with E-state index in [9.17, 15) is 9.90 Å². The van der Waals surface area contributed by atoms with Gasteiger partial charge in [0.2, 0.25) is 5.91 Å². The van der Waals surface area contributed by atoms with Gasteiger partial charge in [0.15, 0.2) is 8.32 Å². The lowest BCUT2D eigenvalue weighted by Crippen LogP contribution is -2.45. The third-order valence-electron chi connectivity index (χ3n) is 6.44. The molecule has 1 N–H and O–H groups in total. The number of hydrogen-bond acceptors (Lipinski definition) is 3. The van der Waals surface area contributed by atoms with Crippen LogP contribution < -0.4 is 0 Å². The lowest BCUT2D eigenvalue weighted by molar-refractivity contribution is -0.133. The predicted molar refractivity (Wildman–Crippen MR) is 89.0 cm³/mol. The molecular formula is C17H31NO3Si. The second kappa shape index (κ2) is 5.31. The number of carbonyl (C=O) groups excluding carboxylic acids is 1. The van der Waals surface area contributed by atoms with Crippen LogP contribution in [0.1, 0.15) is 40.0 Å². The summed E-state index contributed by atoms with van der Waals surface area (Å²) in [5.74, 6) is 0.715. The van der Waals surface area contributed by atoms with Crippen molar-refractivity contribution in [2.24, 2.45) is 17.8 Å². The Morgan fingerprint density at radius 1 is 1.18 bits per heavy atom. The number of aliphatic hydroxyl groups is 1. The average Bonchev–Trinajstić information content (AvgIpc) is 2.73. The highest BCUT2D eigenvalue weighted by Crippen LogP contribution is 2.60. The van der Waals surface area contributed by atoms with Crippen LogP contribution in [0.5, 0.6) is 0 Å². The summed E-state index contributed by atoms with van der Waals surface area (Å²) < 4.78 is 6.54. The van der Waals surface area contributed by atoms with Crippen molar-refractivity contribution in [2.45, 2.75) is 70.4 Å². The molecule has 1 heterocycles. The molecular weight excluding hydrogens is 294 g/mol. The van der Waals surface area contributed by atoms with Gasteiger partial charge in [0, 0.05) is 30.8 Å². The van der Waals surface area contributed by atoms with E-state index in [1.54, 1.807) is 0 Å². The number of nitrogens with zero attached hydrogens (tertiary/aromatic N) is 1. The third kappa shape index (κ3) is 2.65. The fourth-order valence-corrected chi connectivity index (χ4v) is 5.41. The van der Waals surface area contributed by atoms with Gasteiger partial charge in [-0.2, -0.15) is 0 Å². The van der Waals surface area contributed by atoms with Crippen molar-refractivity contribution in [1.29, 1.82) is 0 Å². The zero-order chi connectivity index (χ0) is 16.3. The predicted octanol–water partition coefficient (Wildman–Crippen LogP) is 2.63. The number of amides is 1. The van der Waals surface area contributed by atoms with Gasteiger partial charge in [-0.05, 0) is 37.4 Å². The molecule has 0 unspecified atom stereocenters. The second-order valence-electron chi connectivity index (χ2n) is 8.93. The molecule has 0 aromatic heterocycles. The molecule has 2 aliphatic carbocycles. The summed E-state index contributed by atoms with van der Waals surface area (Å²) in [4.78, 5) is 14.6. The molecule has 0 radical (unpaired) electrons. The summed E-state index contributed by atoms with van der Waals surface area (Å²) in [5.41, 5.74) is 0. The lowest BCUT2D eigenvalue weighted by atomic mass is 10.1. The van der Waals surface area contributed by atoms with Gasteiger partial charge in [-0.15, -0.1) is 0 Å². The molecule has 5 atom stereocenters. The number of hydrogen-bond donors (Lipinski definition) is 1. The van der Waals surface area contributed by atoms with E-state index in [-0.39, 0.29) is 40.9 Å². The maximum absolute atomic E-state index is 12.6. The summed E-state index contributed by atoms with van der Waals surface area (Å²) in [6.45, 7) is 13.0. The molecule has 126 valence electrons. The van der Waals surface area contributed by atoms with E-state index in [1.807, 2.05) is 4.90 Å². The molecule has 3 aliphatic rings. The molecule has 5 heteroatoms. The van der Waals surface area contributed by atoms with Crippen LogP contribution in [0.4, 0.5) is 0 Å². The molecule has 3 rings (SSSR count). The summed E-state index contributed by atoms with van der Waals surface area (Å²) >= 11 is 0. The molecule has 0 bridgehead atoms. The zero-order valence-electron chi connectivity index (χ0n) is 14.6. The standard InChI is InChI=1S/C17H31NO3Si/c1-17(2,3)22(4,5)21-12-10-11(19)13-14(12)15(13)16(20)18-8-6-7-9-18/h11-15,19H,6-10H2,1-5H3/t11-,12-,13+,14-,15-/m0/s1. The molecule has 0 aromatic carbocycles. The molecule has 4 nitrogen and oxygen atoms in total. The van der Waals surface area contributed by atoms with Crippen molar-refractivity contribution < 1.29 is 14.3 Å². The van der Waals surface area contributed by atoms with Gasteiger partial charge in [0.05, 0.1) is 12.2 Å². The van der Waals surface area contributed by atoms with Gasteiger partial charge in [-0.3, -0.25) is 4.79 Å². The normalized spacial score (nSPS) is 38.3. The van der Waals surface area contributed by atoms with E-state index in [0.29, 0.717) is 6.42 Å².